The summed E-state index contributed by atoms with van der Waals surface area (Å²) >= 11 is 19.0. The molecule has 0 bridgehead atoms. The molecule has 1 aliphatic heterocycles. The zero-order valence-corrected chi connectivity index (χ0v) is 20.8. The number of aryl methyl sites for hydroxylation is 1. The summed E-state index contributed by atoms with van der Waals surface area (Å²) in [6.45, 7) is 3.60. The van der Waals surface area contributed by atoms with Crippen molar-refractivity contribution in [3.05, 3.63) is 108 Å². The van der Waals surface area contributed by atoms with E-state index in [9.17, 15) is 4.79 Å². The minimum Gasteiger partial charge on any atom is -0.476 e. The Labute approximate surface area is 212 Å². The maximum atomic E-state index is 13.0. The van der Waals surface area contributed by atoms with Gasteiger partial charge < -0.3 is 9.15 Å². The molecule has 0 amide bonds. The van der Waals surface area contributed by atoms with Gasteiger partial charge in [0.15, 0.2) is 0 Å². The van der Waals surface area contributed by atoms with Gasteiger partial charge in [-0.2, -0.15) is 0 Å². The zero-order chi connectivity index (χ0) is 23.8. The van der Waals surface area contributed by atoms with Crippen LogP contribution in [0.25, 0.3) is 11.0 Å². The van der Waals surface area contributed by atoms with E-state index in [2.05, 4.69) is 4.90 Å². The molecule has 0 spiro atoms. The fourth-order valence-electron chi connectivity index (χ4n) is 4.41. The number of halogens is 3. The Kier molecular flexibility index (Phi) is 6.59. The number of fused-ring (bicyclic) bond motifs is 3. The predicted molar refractivity (Wildman–Crippen MR) is 138 cm³/mol. The summed E-state index contributed by atoms with van der Waals surface area (Å²) in [7, 11) is 0. The van der Waals surface area contributed by atoms with Gasteiger partial charge in [-0.3, -0.25) is 4.90 Å². The van der Waals surface area contributed by atoms with E-state index in [1.807, 2.05) is 55.5 Å². The summed E-state index contributed by atoms with van der Waals surface area (Å²) in [4.78, 5) is 15.1. The summed E-state index contributed by atoms with van der Waals surface area (Å²) in [5.41, 5.74) is 4.58. The molecular weight excluding hydrogens is 493 g/mol. The lowest BCUT2D eigenvalue weighted by Crippen LogP contribution is -2.34. The van der Waals surface area contributed by atoms with Crippen LogP contribution in [0.4, 0.5) is 0 Å². The maximum absolute atomic E-state index is 13.0. The second-order valence-electron chi connectivity index (χ2n) is 8.51. The third kappa shape index (κ3) is 4.56. The van der Waals surface area contributed by atoms with Crippen LogP contribution in [0.2, 0.25) is 15.1 Å². The van der Waals surface area contributed by atoms with Crippen LogP contribution in [0.3, 0.4) is 0 Å². The highest BCUT2D eigenvalue weighted by atomic mass is 35.5. The van der Waals surface area contributed by atoms with Gasteiger partial charge in [0.1, 0.15) is 18.1 Å². The minimum absolute atomic E-state index is 0.330. The van der Waals surface area contributed by atoms with Crippen LogP contribution in [0, 0.1) is 6.92 Å². The first kappa shape index (κ1) is 23.3. The molecule has 3 aromatic carbocycles. The van der Waals surface area contributed by atoms with Crippen molar-refractivity contribution >= 4 is 45.8 Å². The van der Waals surface area contributed by atoms with Crippen LogP contribution in [0.15, 0.2) is 63.8 Å². The summed E-state index contributed by atoms with van der Waals surface area (Å²) < 4.78 is 11.9. The van der Waals surface area contributed by atoms with Crippen LogP contribution in [0.1, 0.15) is 27.8 Å². The van der Waals surface area contributed by atoms with Gasteiger partial charge in [-0.25, -0.2) is 4.79 Å². The lowest BCUT2D eigenvalue weighted by Gasteiger charge is -2.30. The molecule has 34 heavy (non-hydrogen) atoms. The summed E-state index contributed by atoms with van der Waals surface area (Å²) in [5, 5.41) is 2.61. The van der Waals surface area contributed by atoms with E-state index >= 15 is 0 Å². The molecule has 0 saturated carbocycles. The first-order valence-electron chi connectivity index (χ1n) is 11.0. The maximum Gasteiger partial charge on any atom is 0.340 e. The van der Waals surface area contributed by atoms with Gasteiger partial charge in [-0.15, -0.1) is 0 Å². The van der Waals surface area contributed by atoms with E-state index in [0.29, 0.717) is 58.2 Å². The third-order valence-corrected chi connectivity index (χ3v) is 7.16. The van der Waals surface area contributed by atoms with Crippen LogP contribution in [0.5, 0.6) is 5.75 Å². The fourth-order valence-corrected chi connectivity index (χ4v) is 5.19. The van der Waals surface area contributed by atoms with Gasteiger partial charge in [0.05, 0.1) is 10.6 Å². The first-order chi connectivity index (χ1) is 16.4. The van der Waals surface area contributed by atoms with E-state index in [-0.39, 0.29) is 5.63 Å². The molecule has 0 N–H and O–H groups in total. The molecule has 0 unspecified atom stereocenters. The number of hydrogen-bond donors (Lipinski definition) is 0. The Morgan fingerprint density at radius 2 is 1.79 bits per heavy atom. The van der Waals surface area contributed by atoms with Crippen molar-refractivity contribution in [2.24, 2.45) is 0 Å². The van der Waals surface area contributed by atoms with Gasteiger partial charge in [-0.1, -0.05) is 71.2 Å². The molecule has 2 heterocycles. The van der Waals surface area contributed by atoms with E-state index in [0.717, 1.165) is 34.1 Å². The average Bonchev–Trinajstić information content (AvgIpc) is 2.83. The Morgan fingerprint density at radius 1 is 1.00 bits per heavy atom. The molecule has 0 saturated heterocycles. The van der Waals surface area contributed by atoms with Gasteiger partial charge in [0.2, 0.25) is 0 Å². The molecule has 1 aliphatic rings. The van der Waals surface area contributed by atoms with Crippen LogP contribution in [-0.4, -0.2) is 18.2 Å². The lowest BCUT2D eigenvalue weighted by molar-refractivity contribution is 0.0969. The Bertz CT molecular complexity index is 1430. The largest absolute Gasteiger partial charge is 0.476 e. The molecule has 0 radical (unpaired) electrons. The van der Waals surface area contributed by atoms with Crippen molar-refractivity contribution in [3.63, 3.8) is 0 Å². The van der Waals surface area contributed by atoms with Crippen molar-refractivity contribution in [2.45, 2.75) is 26.3 Å². The number of nitrogens with zero attached hydrogens (tertiary/aromatic N) is 1. The SMILES string of the molecule is Cc1c(Cc2ccccc2)c(=O)oc2c3c(c(Cl)cc12)OCN(CCc1ccc(Cl)cc1Cl)C3. The van der Waals surface area contributed by atoms with Crippen molar-refractivity contribution in [2.75, 3.05) is 13.3 Å². The van der Waals surface area contributed by atoms with E-state index in [1.165, 1.54) is 0 Å². The van der Waals surface area contributed by atoms with Crippen molar-refractivity contribution < 1.29 is 9.15 Å². The lowest BCUT2D eigenvalue weighted by atomic mass is 9.97. The minimum atomic E-state index is -0.330. The van der Waals surface area contributed by atoms with Crippen LogP contribution >= 0.6 is 34.8 Å². The smallest absolute Gasteiger partial charge is 0.340 e. The molecule has 7 heteroatoms. The molecule has 1 aromatic heterocycles. The highest BCUT2D eigenvalue weighted by Gasteiger charge is 2.26. The monoisotopic (exact) mass is 513 g/mol. The number of ether oxygens (including phenoxy) is 1. The van der Waals surface area contributed by atoms with E-state index in [1.54, 1.807) is 6.07 Å². The Morgan fingerprint density at radius 3 is 2.56 bits per heavy atom. The molecule has 0 atom stereocenters. The molecule has 0 fully saturated rings. The average molecular weight is 515 g/mol. The predicted octanol–water partition coefficient (Wildman–Crippen LogP) is 7.05. The summed E-state index contributed by atoms with van der Waals surface area (Å²) in [6, 6.07) is 17.2. The summed E-state index contributed by atoms with van der Waals surface area (Å²) in [6.07, 6.45) is 1.24. The van der Waals surface area contributed by atoms with Gasteiger partial charge in [0, 0.05) is 40.5 Å². The number of rotatable bonds is 5. The van der Waals surface area contributed by atoms with Crippen LogP contribution in [-0.2, 0) is 19.4 Å². The van der Waals surface area contributed by atoms with Gasteiger partial charge >= 0.3 is 5.63 Å². The second kappa shape index (κ2) is 9.63. The Balaban J connectivity index is 1.47. The van der Waals surface area contributed by atoms with Crippen molar-refractivity contribution in [1.29, 1.82) is 0 Å². The van der Waals surface area contributed by atoms with Crippen LogP contribution < -0.4 is 10.4 Å². The highest BCUT2D eigenvalue weighted by Crippen LogP contribution is 2.40. The molecule has 174 valence electrons. The molecule has 0 aliphatic carbocycles. The third-order valence-electron chi connectivity index (χ3n) is 6.29. The van der Waals surface area contributed by atoms with E-state index < -0.39 is 0 Å². The number of hydrogen-bond acceptors (Lipinski definition) is 4. The fraction of sp³-hybridized carbons (Fsp3) is 0.222. The first-order valence-corrected chi connectivity index (χ1v) is 12.1. The van der Waals surface area contributed by atoms with Gasteiger partial charge in [0.25, 0.3) is 0 Å². The van der Waals surface area contributed by atoms with Crippen molar-refractivity contribution in [1.82, 2.24) is 4.90 Å². The standard InChI is InChI=1S/C27H22Cl3NO3/c1-16-20-13-24(30)26-22(25(20)34-27(32)21(16)11-17-5-3-2-4-6-17)14-31(15-33-26)10-9-18-7-8-19(28)12-23(18)29/h2-8,12-13H,9-11,14-15H2,1H3. The highest BCUT2D eigenvalue weighted by molar-refractivity contribution is 6.35. The summed E-state index contributed by atoms with van der Waals surface area (Å²) in [5.74, 6) is 0.577. The Hall–Kier alpha value is -2.50. The van der Waals surface area contributed by atoms with Gasteiger partial charge in [-0.05, 0) is 48.2 Å². The molecular formula is C27H22Cl3NO3. The number of benzene rings is 3. The van der Waals surface area contributed by atoms with Crippen molar-refractivity contribution in [3.8, 4) is 5.75 Å². The second-order valence-corrected chi connectivity index (χ2v) is 9.76. The molecule has 4 aromatic rings. The normalized spacial score (nSPS) is 13.6. The zero-order valence-electron chi connectivity index (χ0n) is 18.5. The topological polar surface area (TPSA) is 42.7 Å². The molecule has 4 nitrogen and oxygen atoms in total. The quantitative estimate of drug-likeness (QED) is 0.268. The molecule has 5 rings (SSSR count). The van der Waals surface area contributed by atoms with E-state index in [4.69, 9.17) is 44.0 Å².